The van der Waals surface area contributed by atoms with Crippen LogP contribution in [0.1, 0.15) is 5.56 Å². The molecule has 0 aromatic heterocycles. The molecule has 1 amide bonds. The summed E-state index contributed by atoms with van der Waals surface area (Å²) in [7, 11) is 0. The lowest BCUT2D eigenvalue weighted by Gasteiger charge is -2.35. The fourth-order valence-corrected chi connectivity index (χ4v) is 3.34. The summed E-state index contributed by atoms with van der Waals surface area (Å²) < 4.78 is 44.9. The second kappa shape index (κ2) is 8.90. The average molecular weight is 488 g/mol. The van der Waals surface area contributed by atoms with Gasteiger partial charge in [-0.15, -0.1) is 0 Å². The Balaban J connectivity index is 1.61. The summed E-state index contributed by atoms with van der Waals surface area (Å²) in [5.41, 5.74) is -1.58. The smallest absolute Gasteiger partial charge is 0.416 e. The topological polar surface area (TPSA) is 75.9 Å². The summed E-state index contributed by atoms with van der Waals surface area (Å²) in [6.45, 7) is 0.927. The average Bonchev–Trinajstić information content (AvgIpc) is 2.72. The summed E-state index contributed by atoms with van der Waals surface area (Å²) >= 11 is 3.31. The van der Waals surface area contributed by atoms with Crippen molar-refractivity contribution < 1.29 is 27.6 Å². The van der Waals surface area contributed by atoms with Crippen LogP contribution in [-0.2, 0) is 11.0 Å². The van der Waals surface area contributed by atoms with Crippen LogP contribution in [0.15, 0.2) is 46.9 Å². The van der Waals surface area contributed by atoms with E-state index >= 15 is 0 Å². The molecule has 0 unspecified atom stereocenters. The zero-order valence-corrected chi connectivity index (χ0v) is 17.1. The number of nitro benzene ring substituents is 1. The molecule has 0 bridgehead atoms. The Hall–Kier alpha value is -2.82. The third-order valence-electron chi connectivity index (χ3n) is 4.65. The number of rotatable bonds is 5. The normalized spacial score (nSPS) is 14.5. The fourth-order valence-electron chi connectivity index (χ4n) is 3.08. The Labute approximate surface area is 178 Å². The zero-order valence-electron chi connectivity index (χ0n) is 15.6. The van der Waals surface area contributed by atoms with Gasteiger partial charge in [0.15, 0.2) is 6.61 Å². The van der Waals surface area contributed by atoms with Crippen molar-refractivity contribution in [3.63, 3.8) is 0 Å². The van der Waals surface area contributed by atoms with Gasteiger partial charge in [-0.1, -0.05) is 15.9 Å². The first kappa shape index (κ1) is 21.9. The minimum absolute atomic E-state index is 0.103. The Morgan fingerprint density at radius 3 is 2.30 bits per heavy atom. The summed E-state index contributed by atoms with van der Waals surface area (Å²) in [5, 5.41) is 11.3. The second-order valence-corrected chi connectivity index (χ2v) is 7.48. The first-order chi connectivity index (χ1) is 14.1. The van der Waals surface area contributed by atoms with Crippen molar-refractivity contribution in [2.24, 2.45) is 0 Å². The van der Waals surface area contributed by atoms with Gasteiger partial charge in [0.2, 0.25) is 0 Å². The number of amides is 1. The molecule has 3 rings (SSSR count). The van der Waals surface area contributed by atoms with Crippen molar-refractivity contribution >= 4 is 33.2 Å². The molecule has 11 heteroatoms. The number of nitrogens with zero attached hydrogens (tertiary/aromatic N) is 3. The van der Waals surface area contributed by atoms with E-state index in [0.29, 0.717) is 11.8 Å². The van der Waals surface area contributed by atoms with E-state index in [-0.39, 0.29) is 44.4 Å². The van der Waals surface area contributed by atoms with Crippen molar-refractivity contribution in [2.45, 2.75) is 6.18 Å². The molecule has 1 saturated heterocycles. The minimum atomic E-state index is -4.66. The molecular formula is C19H17BrF3N3O4. The van der Waals surface area contributed by atoms with Gasteiger partial charge in [-0.25, -0.2) is 0 Å². The number of ether oxygens (including phenoxy) is 1. The number of carbonyl (C=O) groups excluding carboxylic acids is 1. The van der Waals surface area contributed by atoms with Gasteiger partial charge in [0.05, 0.1) is 10.5 Å². The highest BCUT2D eigenvalue weighted by molar-refractivity contribution is 9.10. The first-order valence-electron chi connectivity index (χ1n) is 8.92. The number of anilines is 1. The van der Waals surface area contributed by atoms with Crippen molar-refractivity contribution in [3.05, 3.63) is 62.6 Å². The SMILES string of the molecule is O=C(COc1ccc(Br)cc1)N1CCN(c2ccc(C(F)(F)F)cc2[N+](=O)[O-])CC1. The van der Waals surface area contributed by atoms with Crippen molar-refractivity contribution in [3.8, 4) is 5.75 Å². The summed E-state index contributed by atoms with van der Waals surface area (Å²) in [5.74, 6) is 0.310. The number of piperazine rings is 1. The molecule has 1 aliphatic rings. The highest BCUT2D eigenvalue weighted by atomic mass is 79.9. The number of hydrogen-bond donors (Lipinski definition) is 0. The lowest BCUT2D eigenvalue weighted by Crippen LogP contribution is -2.50. The van der Waals surface area contributed by atoms with Gasteiger partial charge in [-0.05, 0) is 36.4 Å². The van der Waals surface area contributed by atoms with E-state index in [4.69, 9.17) is 4.74 Å². The third-order valence-corrected chi connectivity index (χ3v) is 5.18. The Bertz CT molecular complexity index is 930. The van der Waals surface area contributed by atoms with E-state index in [9.17, 15) is 28.1 Å². The van der Waals surface area contributed by atoms with Crippen LogP contribution in [0.4, 0.5) is 24.5 Å². The van der Waals surface area contributed by atoms with Gasteiger partial charge in [0.1, 0.15) is 11.4 Å². The predicted octanol–water partition coefficient (Wildman–Crippen LogP) is 4.10. The van der Waals surface area contributed by atoms with Crippen LogP contribution >= 0.6 is 15.9 Å². The summed E-state index contributed by atoms with van der Waals surface area (Å²) in [4.78, 5) is 26.0. The molecule has 160 valence electrons. The van der Waals surface area contributed by atoms with Gasteiger partial charge >= 0.3 is 6.18 Å². The second-order valence-electron chi connectivity index (χ2n) is 6.57. The van der Waals surface area contributed by atoms with Crippen LogP contribution in [0, 0.1) is 10.1 Å². The molecule has 2 aromatic carbocycles. The summed E-state index contributed by atoms with van der Waals surface area (Å²) in [6.07, 6.45) is -4.66. The van der Waals surface area contributed by atoms with E-state index in [1.54, 1.807) is 34.1 Å². The van der Waals surface area contributed by atoms with E-state index in [1.165, 1.54) is 0 Å². The number of halogens is 4. The molecule has 0 radical (unpaired) electrons. The van der Waals surface area contributed by atoms with Crippen molar-refractivity contribution in [1.29, 1.82) is 0 Å². The van der Waals surface area contributed by atoms with E-state index in [0.717, 1.165) is 16.6 Å². The Kier molecular flexibility index (Phi) is 6.49. The lowest BCUT2D eigenvalue weighted by atomic mass is 10.1. The zero-order chi connectivity index (χ0) is 21.9. The van der Waals surface area contributed by atoms with Crippen LogP contribution in [0.2, 0.25) is 0 Å². The van der Waals surface area contributed by atoms with Crippen molar-refractivity contribution in [2.75, 3.05) is 37.7 Å². The minimum Gasteiger partial charge on any atom is -0.484 e. The maximum Gasteiger partial charge on any atom is 0.416 e. The quantitative estimate of drug-likeness (QED) is 0.468. The Morgan fingerprint density at radius 2 is 1.73 bits per heavy atom. The monoisotopic (exact) mass is 487 g/mol. The largest absolute Gasteiger partial charge is 0.484 e. The van der Waals surface area contributed by atoms with Crippen molar-refractivity contribution in [1.82, 2.24) is 4.90 Å². The molecule has 0 atom stereocenters. The predicted molar refractivity (Wildman–Crippen MR) is 107 cm³/mol. The Morgan fingerprint density at radius 1 is 1.10 bits per heavy atom. The molecule has 2 aromatic rings. The maximum atomic E-state index is 12.9. The van der Waals surface area contributed by atoms with Gasteiger partial charge < -0.3 is 14.5 Å². The van der Waals surface area contributed by atoms with Gasteiger partial charge in [-0.3, -0.25) is 14.9 Å². The van der Waals surface area contributed by atoms with Crippen LogP contribution in [0.5, 0.6) is 5.75 Å². The maximum absolute atomic E-state index is 12.9. The highest BCUT2D eigenvalue weighted by Crippen LogP contribution is 2.36. The molecule has 0 spiro atoms. The van der Waals surface area contributed by atoms with E-state index < -0.39 is 22.4 Å². The third kappa shape index (κ3) is 5.21. The number of hydrogen-bond acceptors (Lipinski definition) is 5. The molecule has 7 nitrogen and oxygen atoms in total. The molecule has 0 saturated carbocycles. The molecule has 0 N–H and O–H groups in total. The van der Waals surface area contributed by atoms with E-state index in [1.807, 2.05) is 0 Å². The number of alkyl halides is 3. The fraction of sp³-hybridized carbons (Fsp3) is 0.316. The van der Waals surface area contributed by atoms with Crippen LogP contribution in [-0.4, -0.2) is 48.5 Å². The summed E-state index contributed by atoms with van der Waals surface area (Å²) in [6, 6.07) is 9.49. The standard InChI is InChI=1S/C19H17BrF3N3O4/c20-14-2-4-15(5-3-14)30-12-18(27)25-9-7-24(8-10-25)16-6-1-13(19(21,22)23)11-17(16)26(28)29/h1-6,11H,7-10,12H2. The number of benzene rings is 2. The molecule has 30 heavy (non-hydrogen) atoms. The molecule has 1 heterocycles. The van der Waals surface area contributed by atoms with E-state index in [2.05, 4.69) is 15.9 Å². The molecule has 1 aliphatic heterocycles. The van der Waals surface area contributed by atoms with Crippen LogP contribution < -0.4 is 9.64 Å². The lowest BCUT2D eigenvalue weighted by molar-refractivity contribution is -0.384. The molecule has 0 aliphatic carbocycles. The van der Waals surface area contributed by atoms with Crippen LogP contribution in [0.3, 0.4) is 0 Å². The number of nitro groups is 1. The first-order valence-corrected chi connectivity index (χ1v) is 9.71. The van der Waals surface area contributed by atoms with Gasteiger partial charge in [-0.2, -0.15) is 13.2 Å². The molecule has 1 fully saturated rings. The van der Waals surface area contributed by atoms with Crippen LogP contribution in [0.25, 0.3) is 0 Å². The van der Waals surface area contributed by atoms with Gasteiger partial charge in [0.25, 0.3) is 11.6 Å². The number of carbonyl (C=O) groups is 1. The van der Waals surface area contributed by atoms with Gasteiger partial charge in [0, 0.05) is 36.7 Å². The highest BCUT2D eigenvalue weighted by Gasteiger charge is 2.34. The molecular weight excluding hydrogens is 471 g/mol.